The zero-order valence-electron chi connectivity index (χ0n) is 8.80. The summed E-state index contributed by atoms with van der Waals surface area (Å²) in [5.41, 5.74) is 1.44. The molecule has 0 saturated carbocycles. The Kier molecular flexibility index (Phi) is 3.49. The number of hydrogen-bond acceptors (Lipinski definition) is 1. The standard InChI is InChI=1S/C12H19N/c1-4-10-13-12(2,3)11-8-6-5-7-9-11/h5-9,13H,4,10H2,1-3H3. The minimum atomic E-state index is 0.0945. The Morgan fingerprint density at radius 2 is 1.77 bits per heavy atom. The molecule has 0 fully saturated rings. The molecule has 1 aromatic rings. The van der Waals surface area contributed by atoms with Crippen molar-refractivity contribution >= 4 is 0 Å². The molecule has 0 heterocycles. The quantitative estimate of drug-likeness (QED) is 0.745. The highest BCUT2D eigenvalue weighted by molar-refractivity contribution is 5.22. The predicted octanol–water partition coefficient (Wildman–Crippen LogP) is 2.92. The summed E-state index contributed by atoms with van der Waals surface area (Å²) in [5.74, 6) is 0. The van der Waals surface area contributed by atoms with E-state index in [-0.39, 0.29) is 5.54 Å². The van der Waals surface area contributed by atoms with Gasteiger partial charge in [0.15, 0.2) is 0 Å². The van der Waals surface area contributed by atoms with E-state index in [0.717, 1.165) is 6.54 Å². The molecule has 0 bridgehead atoms. The molecule has 1 heteroatoms. The molecule has 0 amide bonds. The van der Waals surface area contributed by atoms with Crippen LogP contribution in [0.1, 0.15) is 32.8 Å². The van der Waals surface area contributed by atoms with Crippen LogP contribution in [0.4, 0.5) is 0 Å². The van der Waals surface area contributed by atoms with Crippen molar-refractivity contribution in [2.24, 2.45) is 0 Å². The summed E-state index contributed by atoms with van der Waals surface area (Å²) in [6, 6.07) is 10.6. The van der Waals surface area contributed by atoms with Crippen molar-refractivity contribution in [1.82, 2.24) is 5.32 Å². The highest BCUT2D eigenvalue weighted by Gasteiger charge is 2.17. The van der Waals surface area contributed by atoms with Crippen molar-refractivity contribution in [3.8, 4) is 0 Å². The van der Waals surface area contributed by atoms with Gasteiger partial charge in [-0.15, -0.1) is 0 Å². The first-order chi connectivity index (χ1) is 6.17. The molecular weight excluding hydrogens is 158 g/mol. The fraction of sp³-hybridized carbons (Fsp3) is 0.500. The van der Waals surface area contributed by atoms with Gasteiger partial charge in [-0.3, -0.25) is 0 Å². The number of nitrogens with one attached hydrogen (secondary N) is 1. The van der Waals surface area contributed by atoms with Crippen LogP contribution in [0.5, 0.6) is 0 Å². The minimum Gasteiger partial charge on any atom is -0.308 e. The van der Waals surface area contributed by atoms with Crippen LogP contribution in [-0.2, 0) is 5.54 Å². The van der Waals surface area contributed by atoms with Gasteiger partial charge in [-0.2, -0.15) is 0 Å². The van der Waals surface area contributed by atoms with Gasteiger partial charge in [-0.25, -0.2) is 0 Å². The molecule has 0 spiro atoms. The number of hydrogen-bond donors (Lipinski definition) is 1. The predicted molar refractivity (Wildman–Crippen MR) is 57.8 cm³/mol. The van der Waals surface area contributed by atoms with Crippen molar-refractivity contribution in [1.29, 1.82) is 0 Å². The van der Waals surface area contributed by atoms with Gasteiger partial charge in [0.05, 0.1) is 0 Å². The number of rotatable bonds is 4. The van der Waals surface area contributed by atoms with Gasteiger partial charge >= 0.3 is 0 Å². The zero-order chi connectivity index (χ0) is 9.73. The smallest absolute Gasteiger partial charge is 0.0377 e. The summed E-state index contributed by atoms with van der Waals surface area (Å²) in [7, 11) is 0. The van der Waals surface area contributed by atoms with Crippen molar-refractivity contribution in [2.75, 3.05) is 6.54 Å². The second-order valence-electron chi connectivity index (χ2n) is 3.92. The maximum Gasteiger partial charge on any atom is 0.0377 e. The van der Waals surface area contributed by atoms with E-state index in [1.54, 1.807) is 0 Å². The summed E-state index contributed by atoms with van der Waals surface area (Å²) in [5, 5.41) is 3.52. The van der Waals surface area contributed by atoms with Crippen molar-refractivity contribution < 1.29 is 0 Å². The molecule has 0 unspecified atom stereocenters. The molecular formula is C12H19N. The minimum absolute atomic E-state index is 0.0945. The lowest BCUT2D eigenvalue weighted by atomic mass is 9.94. The average Bonchev–Trinajstić information content (AvgIpc) is 2.16. The van der Waals surface area contributed by atoms with E-state index in [0.29, 0.717) is 0 Å². The molecule has 0 aliphatic rings. The van der Waals surface area contributed by atoms with Gasteiger partial charge in [0.2, 0.25) is 0 Å². The molecule has 0 saturated heterocycles. The van der Waals surface area contributed by atoms with Gasteiger partial charge in [0.1, 0.15) is 0 Å². The average molecular weight is 177 g/mol. The lowest BCUT2D eigenvalue weighted by Crippen LogP contribution is -2.36. The first-order valence-corrected chi connectivity index (χ1v) is 4.97. The Morgan fingerprint density at radius 3 is 2.31 bits per heavy atom. The van der Waals surface area contributed by atoms with Gasteiger partial charge in [0.25, 0.3) is 0 Å². The molecule has 1 N–H and O–H groups in total. The maximum absolute atomic E-state index is 3.52. The summed E-state index contributed by atoms with van der Waals surface area (Å²) >= 11 is 0. The van der Waals surface area contributed by atoms with E-state index in [1.165, 1.54) is 12.0 Å². The molecule has 1 aromatic carbocycles. The molecule has 0 aromatic heterocycles. The Labute approximate surface area is 81.2 Å². The van der Waals surface area contributed by atoms with Crippen molar-refractivity contribution in [3.05, 3.63) is 35.9 Å². The van der Waals surface area contributed by atoms with Gasteiger partial charge in [0, 0.05) is 5.54 Å². The number of benzene rings is 1. The largest absolute Gasteiger partial charge is 0.308 e. The van der Waals surface area contributed by atoms with E-state index in [4.69, 9.17) is 0 Å². The van der Waals surface area contributed by atoms with Crippen molar-refractivity contribution in [3.63, 3.8) is 0 Å². The molecule has 13 heavy (non-hydrogen) atoms. The lowest BCUT2D eigenvalue weighted by Gasteiger charge is -2.26. The molecule has 0 atom stereocenters. The third-order valence-electron chi connectivity index (χ3n) is 2.31. The van der Waals surface area contributed by atoms with Crippen LogP contribution in [0.3, 0.4) is 0 Å². The Bertz CT molecular complexity index is 239. The molecule has 0 aliphatic carbocycles. The SMILES string of the molecule is CCCNC(C)(C)c1ccccc1. The normalized spacial score (nSPS) is 11.6. The van der Waals surface area contributed by atoms with Crippen LogP contribution in [-0.4, -0.2) is 6.54 Å². The molecule has 0 aliphatic heterocycles. The first-order valence-electron chi connectivity index (χ1n) is 4.97. The summed E-state index contributed by atoms with van der Waals surface area (Å²) < 4.78 is 0. The van der Waals surface area contributed by atoms with Crippen LogP contribution in [0.15, 0.2) is 30.3 Å². The van der Waals surface area contributed by atoms with Crippen LogP contribution in [0.2, 0.25) is 0 Å². The van der Waals surface area contributed by atoms with Crippen molar-refractivity contribution in [2.45, 2.75) is 32.7 Å². The monoisotopic (exact) mass is 177 g/mol. The van der Waals surface area contributed by atoms with E-state index in [9.17, 15) is 0 Å². The Hall–Kier alpha value is -0.820. The van der Waals surface area contributed by atoms with Crippen LogP contribution < -0.4 is 5.32 Å². The summed E-state index contributed by atoms with van der Waals surface area (Å²) in [4.78, 5) is 0. The van der Waals surface area contributed by atoms with Crippen LogP contribution in [0, 0.1) is 0 Å². The fourth-order valence-electron chi connectivity index (χ4n) is 1.39. The molecule has 72 valence electrons. The van der Waals surface area contributed by atoms with E-state index >= 15 is 0 Å². The third kappa shape index (κ3) is 2.85. The highest BCUT2D eigenvalue weighted by Crippen LogP contribution is 2.18. The molecule has 0 radical (unpaired) electrons. The van der Waals surface area contributed by atoms with Crippen LogP contribution in [0.25, 0.3) is 0 Å². The maximum atomic E-state index is 3.52. The summed E-state index contributed by atoms with van der Waals surface area (Å²) in [6.07, 6.45) is 1.18. The van der Waals surface area contributed by atoms with Gasteiger partial charge in [-0.05, 0) is 32.4 Å². The first kappa shape index (κ1) is 10.3. The molecule has 1 nitrogen and oxygen atoms in total. The Balaban J connectivity index is 2.69. The van der Waals surface area contributed by atoms with Crippen LogP contribution >= 0.6 is 0 Å². The van der Waals surface area contributed by atoms with E-state index < -0.39 is 0 Å². The topological polar surface area (TPSA) is 12.0 Å². The summed E-state index contributed by atoms with van der Waals surface area (Å²) in [6.45, 7) is 7.70. The molecule has 1 rings (SSSR count). The van der Waals surface area contributed by atoms with E-state index in [1.807, 2.05) is 0 Å². The highest BCUT2D eigenvalue weighted by atomic mass is 14.9. The van der Waals surface area contributed by atoms with Gasteiger partial charge < -0.3 is 5.32 Å². The third-order valence-corrected chi connectivity index (χ3v) is 2.31. The van der Waals surface area contributed by atoms with E-state index in [2.05, 4.69) is 56.4 Å². The fourth-order valence-corrected chi connectivity index (χ4v) is 1.39. The second-order valence-corrected chi connectivity index (χ2v) is 3.92. The zero-order valence-corrected chi connectivity index (χ0v) is 8.80. The Morgan fingerprint density at radius 1 is 1.15 bits per heavy atom. The second kappa shape index (κ2) is 4.43. The lowest BCUT2D eigenvalue weighted by molar-refractivity contribution is 0.404. The van der Waals surface area contributed by atoms with Gasteiger partial charge in [-0.1, -0.05) is 37.3 Å².